The average molecular weight is 403 g/mol. The number of amides is 1. The van der Waals surface area contributed by atoms with Gasteiger partial charge in [-0.2, -0.15) is 5.10 Å². The molecule has 2 heterocycles. The van der Waals surface area contributed by atoms with Crippen LogP contribution in [0.3, 0.4) is 0 Å². The van der Waals surface area contributed by atoms with E-state index in [-0.39, 0.29) is 23.8 Å². The van der Waals surface area contributed by atoms with E-state index in [1.807, 2.05) is 6.07 Å². The fourth-order valence-electron chi connectivity index (χ4n) is 4.47. The number of hydrogen-bond donors (Lipinski definition) is 3. The van der Waals surface area contributed by atoms with E-state index in [1.54, 1.807) is 18.3 Å². The summed E-state index contributed by atoms with van der Waals surface area (Å²) in [5, 5.41) is 23.1. The summed E-state index contributed by atoms with van der Waals surface area (Å²) < 4.78 is 0. The van der Waals surface area contributed by atoms with Gasteiger partial charge in [0.15, 0.2) is 0 Å². The van der Waals surface area contributed by atoms with Crippen molar-refractivity contribution in [1.29, 1.82) is 0 Å². The third-order valence-electron chi connectivity index (χ3n) is 5.77. The number of aromatic nitrogens is 3. The Hall–Kier alpha value is -2.15. The highest BCUT2D eigenvalue weighted by atomic mass is 35.5. The van der Waals surface area contributed by atoms with E-state index in [0.29, 0.717) is 28.5 Å². The predicted octanol–water partition coefficient (Wildman–Crippen LogP) is 3.29. The number of carbonyl (C=O) groups excluding carboxylic acids is 1. The number of nitrogens with zero attached hydrogens (tertiary/aromatic N) is 2. The number of hydrogen-bond acceptors (Lipinski definition) is 4. The van der Waals surface area contributed by atoms with Crippen LogP contribution in [-0.2, 0) is 5.60 Å². The maximum Gasteiger partial charge on any atom is 0.253 e. The minimum atomic E-state index is -0.957. The Morgan fingerprint density at radius 1 is 1.15 bits per heavy atom. The number of aliphatic hydroxyl groups is 1. The standard InChI is InChI=1S/C19H16Cl2N4O2/c20-10-2-15(14-8-23-25-16(14)3-10)19(27)4-12-13(5-19)17(12)24-18(26)9-1-11(21)7-22-6-9/h1-3,6-8,12-13,17,27H,4-5H2,(H,23,25)(H,24,26)/t12-,13+,17+,19+. The van der Waals surface area contributed by atoms with Gasteiger partial charge >= 0.3 is 0 Å². The third kappa shape index (κ3) is 2.79. The van der Waals surface area contributed by atoms with E-state index in [4.69, 9.17) is 23.2 Å². The van der Waals surface area contributed by atoms with Gasteiger partial charge in [0.05, 0.1) is 27.9 Å². The second kappa shape index (κ2) is 5.92. The molecule has 4 atom stereocenters. The molecule has 3 aromatic rings. The fourth-order valence-corrected chi connectivity index (χ4v) is 4.86. The molecule has 2 aromatic heterocycles. The largest absolute Gasteiger partial charge is 0.385 e. The highest BCUT2D eigenvalue weighted by Crippen LogP contribution is 2.60. The molecule has 2 fully saturated rings. The van der Waals surface area contributed by atoms with Crippen molar-refractivity contribution in [3.8, 4) is 0 Å². The van der Waals surface area contributed by atoms with Gasteiger partial charge < -0.3 is 10.4 Å². The summed E-state index contributed by atoms with van der Waals surface area (Å²) in [6, 6.07) is 5.28. The normalized spacial score (nSPS) is 28.9. The molecule has 2 saturated carbocycles. The highest BCUT2D eigenvalue weighted by molar-refractivity contribution is 6.31. The third-order valence-corrected chi connectivity index (χ3v) is 6.19. The maximum atomic E-state index is 12.4. The van der Waals surface area contributed by atoms with Gasteiger partial charge in [0.25, 0.3) is 5.91 Å². The molecule has 138 valence electrons. The van der Waals surface area contributed by atoms with Crippen molar-refractivity contribution >= 4 is 40.0 Å². The zero-order valence-electron chi connectivity index (χ0n) is 14.1. The lowest BCUT2D eigenvalue weighted by molar-refractivity contribution is 0.0293. The van der Waals surface area contributed by atoms with Crippen LogP contribution in [0.4, 0.5) is 0 Å². The van der Waals surface area contributed by atoms with Crippen LogP contribution in [-0.4, -0.2) is 32.2 Å². The molecule has 1 aromatic carbocycles. The summed E-state index contributed by atoms with van der Waals surface area (Å²) in [5.41, 5.74) is 1.10. The molecule has 0 spiro atoms. The first-order valence-electron chi connectivity index (χ1n) is 8.71. The number of H-pyrrole nitrogens is 1. The minimum absolute atomic E-state index is 0.0655. The smallest absolute Gasteiger partial charge is 0.253 e. The van der Waals surface area contributed by atoms with Gasteiger partial charge in [-0.1, -0.05) is 23.2 Å². The van der Waals surface area contributed by atoms with Crippen molar-refractivity contribution in [2.75, 3.05) is 0 Å². The lowest BCUT2D eigenvalue weighted by Gasteiger charge is -2.27. The van der Waals surface area contributed by atoms with Crippen LogP contribution in [0.2, 0.25) is 10.0 Å². The summed E-state index contributed by atoms with van der Waals surface area (Å²) in [6.45, 7) is 0. The van der Waals surface area contributed by atoms with Crippen LogP contribution in [0.5, 0.6) is 0 Å². The van der Waals surface area contributed by atoms with Crippen LogP contribution in [0.1, 0.15) is 28.8 Å². The molecule has 6 nitrogen and oxygen atoms in total. The van der Waals surface area contributed by atoms with Crippen molar-refractivity contribution in [3.63, 3.8) is 0 Å². The van der Waals surface area contributed by atoms with Gasteiger partial charge in [-0.05, 0) is 48.4 Å². The Balaban J connectivity index is 1.33. The number of benzene rings is 1. The summed E-state index contributed by atoms with van der Waals surface area (Å²) in [6.07, 6.45) is 5.87. The van der Waals surface area contributed by atoms with E-state index < -0.39 is 5.60 Å². The van der Waals surface area contributed by atoms with Gasteiger partial charge in [-0.15, -0.1) is 0 Å². The first-order valence-corrected chi connectivity index (χ1v) is 9.47. The molecule has 2 aliphatic rings. The lowest BCUT2D eigenvalue weighted by Crippen LogP contribution is -2.33. The van der Waals surface area contributed by atoms with Crippen molar-refractivity contribution < 1.29 is 9.90 Å². The molecule has 8 heteroatoms. The van der Waals surface area contributed by atoms with E-state index in [0.717, 1.165) is 16.5 Å². The molecular formula is C19H16Cl2N4O2. The molecule has 0 unspecified atom stereocenters. The molecule has 0 saturated heterocycles. The summed E-state index contributed by atoms with van der Waals surface area (Å²) in [7, 11) is 0. The molecular weight excluding hydrogens is 387 g/mol. The maximum absolute atomic E-state index is 12.4. The van der Waals surface area contributed by atoms with Gasteiger partial charge in [0, 0.05) is 28.8 Å². The quantitative estimate of drug-likeness (QED) is 0.626. The summed E-state index contributed by atoms with van der Waals surface area (Å²) in [4.78, 5) is 16.3. The van der Waals surface area contributed by atoms with Crippen molar-refractivity contribution in [2.24, 2.45) is 11.8 Å². The van der Waals surface area contributed by atoms with E-state index in [2.05, 4.69) is 20.5 Å². The second-order valence-electron chi connectivity index (χ2n) is 7.44. The van der Waals surface area contributed by atoms with Crippen LogP contribution in [0.15, 0.2) is 36.8 Å². The van der Waals surface area contributed by atoms with Crippen LogP contribution in [0.25, 0.3) is 10.9 Å². The molecule has 0 radical (unpaired) electrons. The Bertz CT molecular complexity index is 1050. The number of aromatic amines is 1. The van der Waals surface area contributed by atoms with Gasteiger partial charge in [0.2, 0.25) is 0 Å². The summed E-state index contributed by atoms with van der Waals surface area (Å²) in [5.74, 6) is 0.298. The Morgan fingerprint density at radius 3 is 2.67 bits per heavy atom. The predicted molar refractivity (Wildman–Crippen MR) is 102 cm³/mol. The molecule has 1 amide bonds. The van der Waals surface area contributed by atoms with Crippen molar-refractivity contribution in [3.05, 3.63) is 58.0 Å². The Kier molecular flexibility index (Phi) is 3.73. The lowest BCUT2D eigenvalue weighted by atomic mass is 9.86. The average Bonchev–Trinajstić information content (AvgIpc) is 3.01. The van der Waals surface area contributed by atoms with E-state index >= 15 is 0 Å². The van der Waals surface area contributed by atoms with Crippen molar-refractivity contribution in [2.45, 2.75) is 24.5 Å². The van der Waals surface area contributed by atoms with Gasteiger partial charge in [-0.3, -0.25) is 14.9 Å². The van der Waals surface area contributed by atoms with Crippen LogP contribution >= 0.6 is 23.2 Å². The topological polar surface area (TPSA) is 90.9 Å². The Labute approximate surface area is 164 Å². The van der Waals surface area contributed by atoms with Crippen LogP contribution in [0, 0.1) is 11.8 Å². The minimum Gasteiger partial charge on any atom is -0.385 e. The first-order chi connectivity index (χ1) is 12.9. The number of fused-ring (bicyclic) bond motifs is 2. The van der Waals surface area contributed by atoms with Gasteiger partial charge in [0.1, 0.15) is 0 Å². The zero-order valence-corrected chi connectivity index (χ0v) is 15.6. The number of nitrogens with one attached hydrogen (secondary N) is 2. The summed E-state index contributed by atoms with van der Waals surface area (Å²) >= 11 is 12.1. The van der Waals surface area contributed by atoms with E-state index in [9.17, 15) is 9.90 Å². The highest BCUT2D eigenvalue weighted by Gasteiger charge is 2.62. The van der Waals surface area contributed by atoms with E-state index in [1.165, 1.54) is 12.4 Å². The molecule has 27 heavy (non-hydrogen) atoms. The van der Waals surface area contributed by atoms with Crippen LogP contribution < -0.4 is 5.32 Å². The molecule has 5 rings (SSSR count). The zero-order chi connectivity index (χ0) is 18.8. The second-order valence-corrected chi connectivity index (χ2v) is 8.32. The molecule has 0 aliphatic heterocycles. The molecule has 0 bridgehead atoms. The number of pyridine rings is 1. The number of rotatable bonds is 3. The number of carbonyl (C=O) groups is 1. The monoisotopic (exact) mass is 402 g/mol. The molecule has 2 aliphatic carbocycles. The number of halogens is 2. The van der Waals surface area contributed by atoms with Crippen molar-refractivity contribution in [1.82, 2.24) is 20.5 Å². The fraction of sp³-hybridized carbons (Fsp3) is 0.316. The Morgan fingerprint density at radius 2 is 1.93 bits per heavy atom. The molecule has 3 N–H and O–H groups in total. The first kappa shape index (κ1) is 17.0. The van der Waals surface area contributed by atoms with Gasteiger partial charge in [-0.25, -0.2) is 0 Å². The SMILES string of the molecule is O=C(N[C@H]1[C@@H]2C[C@@](O)(c3cc(Cl)cc4[nH]ncc34)C[C@@H]21)c1cncc(Cl)c1.